The molecule has 1 aromatic heterocycles. The lowest BCUT2D eigenvalue weighted by atomic mass is 10.0. The molecule has 5 rings (SSSR count). The minimum absolute atomic E-state index is 0.0151. The molecular weight excluding hydrogens is 493 g/mol. The Bertz CT molecular complexity index is 1620. The summed E-state index contributed by atoms with van der Waals surface area (Å²) in [5, 5.41) is 16.2. The summed E-state index contributed by atoms with van der Waals surface area (Å²) < 4.78 is 11.3. The van der Waals surface area contributed by atoms with Crippen LogP contribution >= 0.6 is 23.2 Å². The van der Waals surface area contributed by atoms with E-state index in [0.29, 0.717) is 27.7 Å². The van der Waals surface area contributed by atoms with Crippen LogP contribution < -0.4 is 10.1 Å². The molecule has 0 saturated carbocycles. The average Bonchev–Trinajstić information content (AvgIpc) is 3.26. The van der Waals surface area contributed by atoms with Crippen LogP contribution in [-0.2, 0) is 4.79 Å². The van der Waals surface area contributed by atoms with Gasteiger partial charge in [-0.05, 0) is 47.9 Å². The average molecular weight is 508 g/mol. The molecule has 8 nitrogen and oxygen atoms in total. The number of fused-ring (bicyclic) bond motifs is 2. The number of halogens is 2. The fraction of sp³-hybridized carbons (Fsp3) is 0.0400. The first kappa shape index (κ1) is 22.6. The molecule has 0 fully saturated rings. The predicted molar refractivity (Wildman–Crippen MR) is 134 cm³/mol. The molecule has 35 heavy (non-hydrogen) atoms. The van der Waals surface area contributed by atoms with Gasteiger partial charge in [-0.25, -0.2) is 4.98 Å². The molecule has 1 heterocycles. The Morgan fingerprint density at radius 1 is 1.00 bits per heavy atom. The number of aromatic nitrogens is 1. The van der Waals surface area contributed by atoms with E-state index in [9.17, 15) is 14.9 Å². The third-order valence-corrected chi connectivity index (χ3v) is 5.90. The number of nitro benzene ring substituents is 1. The van der Waals surface area contributed by atoms with Gasteiger partial charge >= 0.3 is 0 Å². The van der Waals surface area contributed by atoms with E-state index in [4.69, 9.17) is 32.4 Å². The van der Waals surface area contributed by atoms with Crippen LogP contribution in [0.15, 0.2) is 77.2 Å². The molecule has 0 bridgehead atoms. The number of oxazole rings is 1. The van der Waals surface area contributed by atoms with Crippen molar-refractivity contribution >= 4 is 62.4 Å². The lowest BCUT2D eigenvalue weighted by Gasteiger charge is -2.07. The number of ether oxygens (including phenoxy) is 1. The summed E-state index contributed by atoms with van der Waals surface area (Å²) in [4.78, 5) is 27.3. The van der Waals surface area contributed by atoms with Gasteiger partial charge in [0.05, 0.1) is 11.0 Å². The molecule has 10 heteroatoms. The van der Waals surface area contributed by atoms with E-state index in [2.05, 4.69) is 10.3 Å². The van der Waals surface area contributed by atoms with E-state index in [1.807, 2.05) is 36.4 Å². The monoisotopic (exact) mass is 507 g/mol. The Morgan fingerprint density at radius 3 is 2.63 bits per heavy atom. The van der Waals surface area contributed by atoms with Crippen LogP contribution in [0.4, 0.5) is 11.4 Å². The van der Waals surface area contributed by atoms with Gasteiger partial charge < -0.3 is 14.5 Å². The van der Waals surface area contributed by atoms with Crippen molar-refractivity contribution in [3.63, 3.8) is 0 Å². The van der Waals surface area contributed by atoms with Crippen LogP contribution in [0.1, 0.15) is 0 Å². The topological polar surface area (TPSA) is 108 Å². The first-order valence-electron chi connectivity index (χ1n) is 10.3. The first-order chi connectivity index (χ1) is 16.9. The second kappa shape index (κ2) is 9.25. The second-order valence-corrected chi connectivity index (χ2v) is 8.36. The van der Waals surface area contributed by atoms with Crippen molar-refractivity contribution < 1.29 is 18.9 Å². The zero-order valence-corrected chi connectivity index (χ0v) is 19.3. The van der Waals surface area contributed by atoms with Gasteiger partial charge in [-0.3, -0.25) is 14.9 Å². The molecule has 5 aromatic rings. The molecule has 174 valence electrons. The summed E-state index contributed by atoms with van der Waals surface area (Å²) in [5.41, 5.74) is 2.12. The first-order valence-corrected chi connectivity index (χ1v) is 11.1. The number of benzene rings is 4. The van der Waals surface area contributed by atoms with Gasteiger partial charge in [-0.1, -0.05) is 47.5 Å². The largest absolute Gasteiger partial charge is 0.484 e. The standard InChI is InChI=1S/C25H15Cl2N3O5/c26-19-6-2-3-16-17(19)4-1-5-18(16)25-29-21-11-14(7-10-23(21)35-25)28-24(31)13-34-15-8-9-20(27)22(12-15)30(32)33/h1-12H,13H2,(H,28,31). The van der Waals surface area contributed by atoms with E-state index in [-0.39, 0.29) is 23.1 Å². The van der Waals surface area contributed by atoms with Gasteiger partial charge in [-0.2, -0.15) is 0 Å². The highest BCUT2D eigenvalue weighted by Crippen LogP contribution is 2.34. The molecule has 0 saturated heterocycles. The van der Waals surface area contributed by atoms with Crippen LogP contribution in [0.5, 0.6) is 5.75 Å². The summed E-state index contributed by atoms with van der Waals surface area (Å²) in [6.07, 6.45) is 0. The molecule has 1 N–H and O–H groups in total. The Hall–Kier alpha value is -4.14. The molecule has 0 aliphatic rings. The maximum atomic E-state index is 12.4. The quantitative estimate of drug-likeness (QED) is 0.198. The summed E-state index contributed by atoms with van der Waals surface area (Å²) in [6, 6.07) is 20.4. The number of nitrogens with zero attached hydrogens (tertiary/aromatic N) is 2. The molecule has 0 aliphatic carbocycles. The van der Waals surface area contributed by atoms with Crippen molar-refractivity contribution in [2.75, 3.05) is 11.9 Å². The maximum absolute atomic E-state index is 12.4. The Balaban J connectivity index is 1.33. The third-order valence-electron chi connectivity index (χ3n) is 5.25. The van der Waals surface area contributed by atoms with Gasteiger partial charge in [0.15, 0.2) is 12.2 Å². The zero-order valence-electron chi connectivity index (χ0n) is 17.8. The zero-order chi connectivity index (χ0) is 24.5. The van der Waals surface area contributed by atoms with Crippen LogP contribution in [0.25, 0.3) is 33.3 Å². The normalized spacial score (nSPS) is 11.0. The molecule has 4 aromatic carbocycles. The molecule has 0 atom stereocenters. The Labute approximate surface area is 208 Å². The van der Waals surface area contributed by atoms with Crippen LogP contribution in [0, 0.1) is 10.1 Å². The molecule has 0 radical (unpaired) electrons. The van der Waals surface area contributed by atoms with Crippen LogP contribution in [0.2, 0.25) is 10.0 Å². The number of hydrogen-bond acceptors (Lipinski definition) is 6. The summed E-state index contributed by atoms with van der Waals surface area (Å²) >= 11 is 12.1. The van der Waals surface area contributed by atoms with E-state index in [1.54, 1.807) is 18.2 Å². The number of anilines is 1. The smallest absolute Gasteiger partial charge is 0.291 e. The number of nitrogens with one attached hydrogen (secondary N) is 1. The third kappa shape index (κ3) is 4.62. The van der Waals surface area contributed by atoms with Gasteiger partial charge in [0.2, 0.25) is 5.89 Å². The Morgan fingerprint density at radius 2 is 1.80 bits per heavy atom. The molecule has 0 spiro atoms. The second-order valence-electron chi connectivity index (χ2n) is 7.55. The van der Waals surface area contributed by atoms with E-state index < -0.39 is 10.8 Å². The van der Waals surface area contributed by atoms with Crippen LogP contribution in [-0.4, -0.2) is 22.4 Å². The van der Waals surface area contributed by atoms with Gasteiger partial charge in [-0.15, -0.1) is 0 Å². The highest BCUT2D eigenvalue weighted by Gasteiger charge is 2.15. The highest BCUT2D eigenvalue weighted by atomic mass is 35.5. The van der Waals surface area contributed by atoms with E-state index in [1.165, 1.54) is 18.2 Å². The highest BCUT2D eigenvalue weighted by molar-refractivity contribution is 6.35. The van der Waals surface area contributed by atoms with E-state index in [0.717, 1.165) is 16.3 Å². The number of hydrogen-bond donors (Lipinski definition) is 1. The van der Waals surface area contributed by atoms with E-state index >= 15 is 0 Å². The number of carbonyl (C=O) groups excluding carboxylic acids is 1. The molecular formula is C25H15Cl2N3O5. The lowest BCUT2D eigenvalue weighted by Crippen LogP contribution is -2.20. The van der Waals surface area contributed by atoms with Crippen molar-refractivity contribution in [3.05, 3.63) is 93.0 Å². The summed E-state index contributed by atoms with van der Waals surface area (Å²) in [5.74, 6) is 0.140. The molecule has 0 unspecified atom stereocenters. The minimum atomic E-state index is -0.622. The fourth-order valence-corrected chi connectivity index (χ4v) is 4.07. The summed E-state index contributed by atoms with van der Waals surface area (Å²) in [6.45, 7) is -0.350. The van der Waals surface area contributed by atoms with Crippen LogP contribution in [0.3, 0.4) is 0 Å². The van der Waals surface area contributed by atoms with Gasteiger partial charge in [0.1, 0.15) is 16.3 Å². The fourth-order valence-electron chi connectivity index (χ4n) is 3.65. The van der Waals surface area contributed by atoms with Crippen molar-refractivity contribution in [2.24, 2.45) is 0 Å². The SMILES string of the molecule is O=C(COc1ccc(Cl)c([N+](=O)[O-])c1)Nc1ccc2oc(-c3cccc4c(Cl)cccc34)nc2c1. The number of rotatable bonds is 6. The molecule has 1 amide bonds. The minimum Gasteiger partial charge on any atom is -0.484 e. The lowest BCUT2D eigenvalue weighted by molar-refractivity contribution is -0.384. The van der Waals surface area contributed by atoms with Gasteiger partial charge in [0.25, 0.3) is 11.6 Å². The van der Waals surface area contributed by atoms with Crippen molar-refractivity contribution in [3.8, 4) is 17.2 Å². The van der Waals surface area contributed by atoms with Crippen molar-refractivity contribution in [1.82, 2.24) is 4.98 Å². The van der Waals surface area contributed by atoms with Crippen molar-refractivity contribution in [2.45, 2.75) is 0 Å². The predicted octanol–water partition coefficient (Wildman–Crippen LogP) is 6.88. The maximum Gasteiger partial charge on any atom is 0.291 e. The number of amides is 1. The molecule has 0 aliphatic heterocycles. The summed E-state index contributed by atoms with van der Waals surface area (Å²) in [7, 11) is 0. The Kier molecular flexibility index (Phi) is 5.98. The van der Waals surface area contributed by atoms with Crippen molar-refractivity contribution in [1.29, 1.82) is 0 Å². The number of carbonyl (C=O) groups is 1. The van der Waals surface area contributed by atoms with Gasteiger partial charge in [0, 0.05) is 21.7 Å². The number of nitro groups is 1.